The first kappa shape index (κ1) is 28.0. The molecule has 0 saturated heterocycles. The van der Waals surface area contributed by atoms with Crippen LogP contribution in [0.4, 0.5) is 26.3 Å². The topological polar surface area (TPSA) is 32.6 Å². The lowest BCUT2D eigenvalue weighted by molar-refractivity contribution is -0.148. The van der Waals surface area contributed by atoms with Gasteiger partial charge in [0.05, 0.1) is 5.71 Å². The van der Waals surface area contributed by atoms with E-state index in [-0.39, 0.29) is 0 Å². The van der Waals surface area contributed by atoms with Gasteiger partial charge in [0.15, 0.2) is 0 Å². The normalized spacial score (nSPS) is 13.5. The van der Waals surface area contributed by atoms with Crippen LogP contribution in [0.15, 0.2) is 114 Å². The van der Waals surface area contributed by atoms with Crippen molar-refractivity contribution < 1.29 is 31.5 Å². The molecule has 0 aliphatic heterocycles. The third kappa shape index (κ3) is 7.07. The van der Waals surface area contributed by atoms with E-state index in [9.17, 15) is 31.5 Å². The number of alkyl halides is 6. The van der Waals surface area contributed by atoms with Crippen LogP contribution in [0.25, 0.3) is 0 Å². The molecular formula is C31H25F6NO. The van der Waals surface area contributed by atoms with Crippen LogP contribution in [0.1, 0.15) is 45.2 Å². The predicted octanol–water partition coefficient (Wildman–Crippen LogP) is 8.69. The zero-order valence-electron chi connectivity index (χ0n) is 20.6. The summed E-state index contributed by atoms with van der Waals surface area (Å²) in [5.41, 5.74) is 0.932. The molecule has 2 unspecified atom stereocenters. The van der Waals surface area contributed by atoms with Crippen molar-refractivity contribution in [3.63, 3.8) is 0 Å². The Kier molecular flexibility index (Phi) is 8.43. The second kappa shape index (κ2) is 11.8. The highest BCUT2D eigenvalue weighted by atomic mass is 19.4. The van der Waals surface area contributed by atoms with Crippen LogP contribution in [-0.2, 0) is 12.8 Å². The Morgan fingerprint density at radius 3 is 1.10 bits per heavy atom. The van der Waals surface area contributed by atoms with Gasteiger partial charge < -0.3 is 5.21 Å². The molecule has 4 rings (SSSR count). The van der Waals surface area contributed by atoms with Gasteiger partial charge in [-0.1, -0.05) is 114 Å². The Morgan fingerprint density at radius 1 is 0.513 bits per heavy atom. The minimum absolute atomic E-state index is 0.443. The third-order valence-electron chi connectivity index (χ3n) is 6.49. The van der Waals surface area contributed by atoms with Gasteiger partial charge in [0.25, 0.3) is 0 Å². The molecule has 0 saturated carbocycles. The molecule has 202 valence electrons. The second-order valence-electron chi connectivity index (χ2n) is 9.28. The van der Waals surface area contributed by atoms with Crippen molar-refractivity contribution >= 4 is 5.71 Å². The summed E-state index contributed by atoms with van der Waals surface area (Å²) in [6.07, 6.45) is -9.39. The lowest BCUT2D eigenvalue weighted by Crippen LogP contribution is -2.38. The van der Waals surface area contributed by atoms with E-state index in [1.807, 2.05) is 60.7 Å². The Balaban J connectivity index is 1.66. The number of hydrogen-bond acceptors (Lipinski definition) is 2. The van der Waals surface area contributed by atoms with Crippen molar-refractivity contribution in [1.29, 1.82) is 0 Å². The van der Waals surface area contributed by atoms with E-state index in [2.05, 4.69) is 5.16 Å². The molecule has 0 aliphatic rings. The van der Waals surface area contributed by atoms with E-state index in [0.717, 1.165) is 35.4 Å². The first-order valence-corrected chi connectivity index (χ1v) is 12.2. The molecule has 4 aromatic carbocycles. The van der Waals surface area contributed by atoms with Crippen LogP contribution in [0, 0.1) is 0 Å². The molecule has 0 aliphatic carbocycles. The molecule has 0 spiro atoms. The van der Waals surface area contributed by atoms with Gasteiger partial charge >= 0.3 is 12.4 Å². The first-order valence-electron chi connectivity index (χ1n) is 12.2. The maximum absolute atomic E-state index is 14.3. The fourth-order valence-corrected chi connectivity index (χ4v) is 4.66. The van der Waals surface area contributed by atoms with Crippen molar-refractivity contribution in [1.82, 2.24) is 0 Å². The van der Waals surface area contributed by atoms with Crippen LogP contribution >= 0.6 is 0 Å². The number of nitrogens with zero attached hydrogens (tertiary/aromatic N) is 1. The van der Waals surface area contributed by atoms with Crippen LogP contribution in [0.2, 0.25) is 0 Å². The summed E-state index contributed by atoms with van der Waals surface area (Å²) in [6.45, 7) is 0. The molecule has 2 atom stereocenters. The molecule has 0 amide bonds. The summed E-state index contributed by atoms with van der Waals surface area (Å²) >= 11 is 0. The van der Waals surface area contributed by atoms with Gasteiger partial charge in [-0.2, -0.15) is 26.3 Å². The van der Waals surface area contributed by atoms with Crippen LogP contribution in [-0.4, -0.2) is 23.3 Å². The number of halogens is 6. The highest BCUT2D eigenvalue weighted by molar-refractivity contribution is 5.97. The monoisotopic (exact) mass is 541 g/mol. The molecule has 0 radical (unpaired) electrons. The van der Waals surface area contributed by atoms with Crippen LogP contribution < -0.4 is 0 Å². The van der Waals surface area contributed by atoms with Gasteiger partial charge in [0, 0.05) is 0 Å². The molecule has 1 N–H and O–H groups in total. The maximum Gasteiger partial charge on any atom is 0.401 e. The van der Waals surface area contributed by atoms with Crippen molar-refractivity contribution in [2.45, 2.75) is 37.0 Å². The fourth-order valence-electron chi connectivity index (χ4n) is 4.66. The number of benzene rings is 4. The zero-order chi connectivity index (χ0) is 28.0. The molecule has 0 fully saturated rings. The van der Waals surface area contributed by atoms with Crippen molar-refractivity contribution in [3.05, 3.63) is 143 Å². The highest BCUT2D eigenvalue weighted by Gasteiger charge is 2.54. The lowest BCUT2D eigenvalue weighted by Gasteiger charge is -2.29. The summed E-state index contributed by atoms with van der Waals surface area (Å²) in [5.74, 6) is -5.52. The van der Waals surface area contributed by atoms with E-state index in [4.69, 9.17) is 0 Å². The van der Waals surface area contributed by atoms with Gasteiger partial charge in [0.2, 0.25) is 0 Å². The Labute approximate surface area is 222 Å². The molecular weight excluding hydrogens is 516 g/mol. The highest BCUT2D eigenvalue weighted by Crippen LogP contribution is 2.45. The van der Waals surface area contributed by atoms with Crippen molar-refractivity contribution in [3.8, 4) is 0 Å². The number of hydrogen-bond donors (Lipinski definition) is 1. The average Bonchev–Trinajstić information content (AvgIpc) is 2.90. The quantitative estimate of drug-likeness (QED) is 0.103. The standard InChI is InChI=1S/C31H25F6NO/c32-30(33,34)27(25-15-11-23(12-16-25)19-21-7-3-1-4-8-21)29(38-39)28(31(35,36)37)26-17-13-24(14-18-26)20-22-9-5-2-6-10-22/h1-18,27-28,39H,19-20H2. The molecule has 0 aromatic heterocycles. The van der Waals surface area contributed by atoms with E-state index in [0.29, 0.717) is 24.0 Å². The Morgan fingerprint density at radius 2 is 0.821 bits per heavy atom. The number of rotatable bonds is 8. The average molecular weight is 542 g/mol. The van der Waals surface area contributed by atoms with Gasteiger partial charge in [-0.05, 0) is 46.2 Å². The predicted molar refractivity (Wildman–Crippen MR) is 138 cm³/mol. The van der Waals surface area contributed by atoms with E-state index in [1.165, 1.54) is 24.3 Å². The summed E-state index contributed by atoms with van der Waals surface area (Å²) in [7, 11) is 0. The smallest absolute Gasteiger partial charge is 0.401 e. The van der Waals surface area contributed by atoms with Crippen LogP contribution in [0.3, 0.4) is 0 Å². The van der Waals surface area contributed by atoms with Crippen molar-refractivity contribution in [2.75, 3.05) is 0 Å². The Bertz CT molecular complexity index is 1260. The summed E-state index contributed by atoms with van der Waals surface area (Å²) in [4.78, 5) is 0. The fraction of sp³-hybridized carbons (Fsp3) is 0.194. The minimum atomic E-state index is -5.14. The lowest BCUT2D eigenvalue weighted by atomic mass is 9.81. The maximum atomic E-state index is 14.3. The zero-order valence-corrected chi connectivity index (χ0v) is 20.6. The number of oxime groups is 1. The molecule has 8 heteroatoms. The van der Waals surface area contributed by atoms with E-state index in [1.54, 1.807) is 0 Å². The summed E-state index contributed by atoms with van der Waals surface area (Å²) in [6, 6.07) is 28.8. The Hall–Kier alpha value is -4.07. The molecule has 2 nitrogen and oxygen atoms in total. The SMILES string of the molecule is ON=C(C(c1ccc(Cc2ccccc2)cc1)C(F)(F)F)C(c1ccc(Cc2ccccc2)cc1)C(F)(F)F. The van der Waals surface area contributed by atoms with Gasteiger partial charge in [0.1, 0.15) is 11.8 Å². The third-order valence-corrected chi connectivity index (χ3v) is 6.49. The van der Waals surface area contributed by atoms with Gasteiger partial charge in [-0.15, -0.1) is 0 Å². The van der Waals surface area contributed by atoms with Gasteiger partial charge in [-0.3, -0.25) is 0 Å². The molecule has 39 heavy (non-hydrogen) atoms. The molecule has 0 bridgehead atoms. The van der Waals surface area contributed by atoms with E-state index >= 15 is 0 Å². The second-order valence-corrected chi connectivity index (χ2v) is 9.28. The van der Waals surface area contributed by atoms with Gasteiger partial charge in [-0.25, -0.2) is 0 Å². The van der Waals surface area contributed by atoms with Crippen molar-refractivity contribution in [2.24, 2.45) is 5.16 Å². The van der Waals surface area contributed by atoms with Crippen LogP contribution in [0.5, 0.6) is 0 Å². The first-order chi connectivity index (χ1) is 18.6. The summed E-state index contributed by atoms with van der Waals surface area (Å²) in [5, 5.41) is 12.2. The van der Waals surface area contributed by atoms with E-state index < -0.39 is 41.0 Å². The molecule has 4 aromatic rings. The largest absolute Gasteiger partial charge is 0.411 e. The summed E-state index contributed by atoms with van der Waals surface area (Å²) < 4.78 is 85.8. The minimum Gasteiger partial charge on any atom is -0.411 e. The molecule has 0 heterocycles.